The second-order valence-electron chi connectivity index (χ2n) is 6.69. The molecule has 0 bridgehead atoms. The van der Waals surface area contributed by atoms with Crippen molar-refractivity contribution in [2.75, 3.05) is 32.5 Å². The number of aryl methyl sites for hydroxylation is 1. The molecule has 0 aliphatic rings. The average Bonchev–Trinajstić information content (AvgIpc) is 2.60. The van der Waals surface area contributed by atoms with E-state index in [2.05, 4.69) is 29.6 Å². The quantitative estimate of drug-likeness (QED) is 0.738. The van der Waals surface area contributed by atoms with Gasteiger partial charge in [-0.15, -0.1) is 0 Å². The van der Waals surface area contributed by atoms with Crippen molar-refractivity contribution in [3.63, 3.8) is 0 Å². The van der Waals surface area contributed by atoms with E-state index in [1.54, 1.807) is 25.2 Å². The number of para-hydroxylation sites is 1. The first-order valence-corrected chi connectivity index (χ1v) is 9.36. The zero-order chi connectivity index (χ0) is 20.0. The zero-order valence-electron chi connectivity index (χ0n) is 15.7. The molecule has 0 spiro atoms. The number of likely N-dealkylation sites (N-methyl/N-ethyl adjacent to an activating group) is 2. The minimum absolute atomic E-state index is 0.0712. The molecule has 0 heterocycles. The third kappa shape index (κ3) is 6.54. The van der Waals surface area contributed by atoms with Crippen LogP contribution in [0, 0.1) is 6.92 Å². The largest absolute Gasteiger partial charge is 0.332 e. The number of benzene rings is 2. The summed E-state index contributed by atoms with van der Waals surface area (Å²) in [5.74, 6) is -0.461. The molecule has 2 aromatic rings. The summed E-state index contributed by atoms with van der Waals surface area (Å²) in [6.45, 7) is 3.00. The summed E-state index contributed by atoms with van der Waals surface area (Å²) in [4.78, 5) is 27.1. The summed E-state index contributed by atoms with van der Waals surface area (Å²) in [6.07, 6.45) is 0. The van der Waals surface area contributed by atoms with Gasteiger partial charge in [-0.25, -0.2) is 0 Å². The molecule has 0 aliphatic heterocycles. The molecule has 2 amide bonds. The number of quaternary nitrogens is 1. The fourth-order valence-electron chi connectivity index (χ4n) is 2.61. The van der Waals surface area contributed by atoms with Crippen molar-refractivity contribution in [2.45, 2.75) is 13.5 Å². The van der Waals surface area contributed by atoms with Gasteiger partial charge in [0.25, 0.3) is 5.91 Å². The van der Waals surface area contributed by atoms with Crippen molar-refractivity contribution in [3.8, 4) is 0 Å². The molecule has 1 atom stereocenters. The van der Waals surface area contributed by atoms with Gasteiger partial charge in [0.1, 0.15) is 6.54 Å². The third-order valence-corrected chi connectivity index (χ3v) is 4.74. The molecule has 1 unspecified atom stereocenters. The summed E-state index contributed by atoms with van der Waals surface area (Å²) in [6, 6.07) is 13.2. The van der Waals surface area contributed by atoms with Gasteiger partial charge in [0, 0.05) is 12.6 Å². The molecule has 144 valence electrons. The van der Waals surface area contributed by atoms with Crippen LogP contribution in [0.5, 0.6) is 0 Å². The number of halogens is 2. The maximum absolute atomic E-state index is 12.4. The van der Waals surface area contributed by atoms with E-state index in [9.17, 15) is 9.59 Å². The second kappa shape index (κ2) is 9.74. The Morgan fingerprint density at radius 2 is 1.67 bits per heavy atom. The number of carbonyl (C=O) groups is 2. The van der Waals surface area contributed by atoms with Crippen LogP contribution in [-0.4, -0.2) is 43.9 Å². The number of anilines is 1. The summed E-state index contributed by atoms with van der Waals surface area (Å²) in [5.41, 5.74) is 2.73. The Bertz CT molecular complexity index is 789. The van der Waals surface area contributed by atoms with Crippen LogP contribution >= 0.6 is 23.2 Å². The lowest BCUT2D eigenvalue weighted by molar-refractivity contribution is -0.885. The van der Waals surface area contributed by atoms with Gasteiger partial charge in [0.05, 0.1) is 29.3 Å². The standard InChI is InChI=1S/C20H23Cl2N3O2/c1-14-7-9-15(10-8-14)11-24(2)13-19(27)25(3)12-18(26)23-20-16(21)5-4-6-17(20)22/h4-10H,11-13H2,1-3H3,(H,23,26)/p+1. The topological polar surface area (TPSA) is 53.9 Å². The minimum Gasteiger partial charge on any atom is -0.332 e. The molecular weight excluding hydrogens is 385 g/mol. The molecule has 2 aromatic carbocycles. The van der Waals surface area contributed by atoms with Gasteiger partial charge in [0.15, 0.2) is 6.54 Å². The lowest BCUT2D eigenvalue weighted by Crippen LogP contribution is -3.08. The lowest BCUT2D eigenvalue weighted by atomic mass is 10.1. The molecule has 27 heavy (non-hydrogen) atoms. The van der Waals surface area contributed by atoms with Crippen LogP contribution in [0.1, 0.15) is 11.1 Å². The Labute approximate surface area is 169 Å². The Hall–Kier alpha value is -2.08. The summed E-state index contributed by atoms with van der Waals surface area (Å²) >= 11 is 12.1. The number of nitrogens with one attached hydrogen (secondary N) is 2. The van der Waals surface area contributed by atoms with Gasteiger partial charge >= 0.3 is 0 Å². The van der Waals surface area contributed by atoms with Crippen LogP contribution in [0.25, 0.3) is 0 Å². The zero-order valence-corrected chi connectivity index (χ0v) is 17.2. The van der Waals surface area contributed by atoms with E-state index in [1.165, 1.54) is 16.0 Å². The number of amides is 2. The Kier molecular flexibility index (Phi) is 7.66. The maximum Gasteiger partial charge on any atom is 0.277 e. The van der Waals surface area contributed by atoms with Crippen LogP contribution in [0.4, 0.5) is 5.69 Å². The average molecular weight is 409 g/mol. The van der Waals surface area contributed by atoms with Crippen LogP contribution < -0.4 is 10.2 Å². The van der Waals surface area contributed by atoms with E-state index >= 15 is 0 Å². The predicted octanol–water partition coefficient (Wildman–Crippen LogP) is 2.41. The van der Waals surface area contributed by atoms with E-state index < -0.39 is 0 Å². The monoisotopic (exact) mass is 408 g/mol. The minimum atomic E-state index is -0.350. The van der Waals surface area contributed by atoms with Crippen LogP contribution in [0.15, 0.2) is 42.5 Å². The highest BCUT2D eigenvalue weighted by Gasteiger charge is 2.18. The SMILES string of the molecule is Cc1ccc(C[NH+](C)CC(=O)N(C)CC(=O)Nc2c(Cl)cccc2Cl)cc1. The van der Waals surface area contributed by atoms with Gasteiger partial charge in [-0.05, 0) is 19.1 Å². The number of rotatable bonds is 7. The first-order valence-electron chi connectivity index (χ1n) is 8.61. The van der Waals surface area contributed by atoms with Gasteiger partial charge in [-0.1, -0.05) is 59.1 Å². The first kappa shape index (κ1) is 21.2. The van der Waals surface area contributed by atoms with Gasteiger partial charge in [-0.2, -0.15) is 0 Å². The molecule has 5 nitrogen and oxygen atoms in total. The van der Waals surface area contributed by atoms with Crippen molar-refractivity contribution in [1.82, 2.24) is 4.90 Å². The molecule has 0 radical (unpaired) electrons. The molecule has 0 aromatic heterocycles. The van der Waals surface area contributed by atoms with Gasteiger partial charge in [-0.3, -0.25) is 9.59 Å². The van der Waals surface area contributed by atoms with Crippen molar-refractivity contribution >= 4 is 40.7 Å². The molecule has 2 rings (SSSR count). The molecule has 0 fully saturated rings. The van der Waals surface area contributed by atoms with Gasteiger partial charge < -0.3 is 15.1 Å². The molecule has 0 aliphatic carbocycles. The number of carbonyl (C=O) groups excluding carboxylic acids is 2. The summed E-state index contributed by atoms with van der Waals surface area (Å²) in [7, 11) is 3.56. The first-order chi connectivity index (χ1) is 12.8. The summed E-state index contributed by atoms with van der Waals surface area (Å²) in [5, 5.41) is 3.37. The Morgan fingerprint density at radius 3 is 2.26 bits per heavy atom. The number of hydrogen-bond donors (Lipinski definition) is 2. The highest BCUT2D eigenvalue weighted by molar-refractivity contribution is 6.39. The maximum atomic E-state index is 12.4. The molecule has 0 saturated heterocycles. The molecule has 2 N–H and O–H groups in total. The van der Waals surface area contributed by atoms with Crippen molar-refractivity contribution in [1.29, 1.82) is 0 Å². The van der Waals surface area contributed by atoms with E-state index in [1.807, 2.05) is 14.0 Å². The molecular formula is C20H24Cl2N3O2+. The van der Waals surface area contributed by atoms with Crippen LogP contribution in [0.3, 0.4) is 0 Å². The second-order valence-corrected chi connectivity index (χ2v) is 7.51. The Morgan fingerprint density at radius 1 is 1.07 bits per heavy atom. The lowest BCUT2D eigenvalue weighted by Gasteiger charge is -2.20. The Balaban J connectivity index is 1.85. The molecule has 0 saturated carbocycles. The van der Waals surface area contributed by atoms with E-state index in [4.69, 9.17) is 23.2 Å². The van der Waals surface area contributed by atoms with Crippen LogP contribution in [-0.2, 0) is 16.1 Å². The van der Waals surface area contributed by atoms with Crippen molar-refractivity contribution in [2.24, 2.45) is 0 Å². The number of hydrogen-bond acceptors (Lipinski definition) is 2. The number of nitrogens with zero attached hydrogens (tertiary/aromatic N) is 1. The smallest absolute Gasteiger partial charge is 0.277 e. The van der Waals surface area contributed by atoms with Crippen molar-refractivity contribution < 1.29 is 14.5 Å². The molecule has 7 heteroatoms. The predicted molar refractivity (Wildman–Crippen MR) is 109 cm³/mol. The van der Waals surface area contributed by atoms with Gasteiger partial charge in [0.2, 0.25) is 5.91 Å². The van der Waals surface area contributed by atoms with Crippen LogP contribution in [0.2, 0.25) is 10.0 Å². The highest BCUT2D eigenvalue weighted by Crippen LogP contribution is 2.29. The van der Waals surface area contributed by atoms with E-state index in [-0.39, 0.29) is 18.4 Å². The fourth-order valence-corrected chi connectivity index (χ4v) is 3.10. The summed E-state index contributed by atoms with van der Waals surface area (Å²) < 4.78 is 0. The van der Waals surface area contributed by atoms with E-state index in [0.717, 1.165) is 11.4 Å². The third-order valence-electron chi connectivity index (χ3n) is 4.11. The van der Waals surface area contributed by atoms with Crippen molar-refractivity contribution in [3.05, 3.63) is 63.6 Å². The normalized spacial score (nSPS) is 11.7. The fraction of sp³-hybridized carbons (Fsp3) is 0.300. The van der Waals surface area contributed by atoms with E-state index in [0.29, 0.717) is 22.3 Å². The highest BCUT2D eigenvalue weighted by atomic mass is 35.5.